The Labute approximate surface area is 158 Å². The third-order valence-corrected chi connectivity index (χ3v) is 4.05. The summed E-state index contributed by atoms with van der Waals surface area (Å²) < 4.78 is 44.5. The molecule has 156 valence electrons. The average molecular weight is 404 g/mol. The minimum Gasteiger partial charge on any atom is -0.463 e. The number of H-pyrrole nitrogens is 1. The number of rotatable bonds is 8. The molecular weight excluding hydrogens is 382 g/mol. The Bertz CT molecular complexity index is 822. The van der Waals surface area contributed by atoms with Crippen molar-refractivity contribution in [2.75, 3.05) is 6.61 Å². The Kier molecular flexibility index (Phi) is 7.44. The predicted molar refractivity (Wildman–Crippen MR) is 90.7 cm³/mol. The number of nitrogens with one attached hydrogen (secondary N) is 1. The smallest absolute Gasteiger partial charge is 0.330 e. The first-order valence-electron chi connectivity index (χ1n) is 8.94. The molecule has 1 aromatic rings. The molecule has 0 saturated carbocycles. The zero-order valence-electron chi connectivity index (χ0n) is 15.5. The third-order valence-electron chi connectivity index (χ3n) is 4.05. The normalized spacial score (nSPS) is 24.1. The van der Waals surface area contributed by atoms with Crippen LogP contribution in [0.5, 0.6) is 0 Å². The maximum atomic E-state index is 15.0. The van der Waals surface area contributed by atoms with E-state index in [1.54, 1.807) is 18.8 Å². The number of aromatic nitrogens is 2. The quantitative estimate of drug-likeness (QED) is 0.642. The average Bonchev–Trinajstić information content (AvgIpc) is 2.93. The molecule has 2 heterocycles. The second-order valence-electron chi connectivity index (χ2n) is 6.29. The number of aromatic amines is 1. The van der Waals surface area contributed by atoms with E-state index in [1.165, 1.54) is 0 Å². The van der Waals surface area contributed by atoms with Crippen LogP contribution in [0.1, 0.15) is 45.8 Å². The summed E-state index contributed by atoms with van der Waals surface area (Å²) in [5.41, 5.74) is -2.35. The van der Waals surface area contributed by atoms with E-state index in [0.29, 0.717) is 23.6 Å². The number of nitrogens with zero attached hydrogens (tertiary/aromatic N) is 1. The van der Waals surface area contributed by atoms with E-state index in [-0.39, 0.29) is 12.8 Å². The van der Waals surface area contributed by atoms with Crippen LogP contribution in [-0.2, 0) is 23.8 Å². The molecule has 4 atom stereocenters. The molecule has 0 radical (unpaired) electrons. The molecule has 1 fully saturated rings. The number of esters is 2. The standard InChI is InChI=1S/C17H22F2N2O7/c1-3-5-11(22)26-8-10-14(28-12(23)6-4-2)13(19)16(27-10)21-7-9(18)15(24)20-17(21)25/h7,10,13-14,16H,3-6,8H2,1-2H3,(H,20,24,25)/t10-,13-,14-,16-/m1/s1. The molecule has 0 amide bonds. The Hall–Kier alpha value is -2.56. The van der Waals surface area contributed by atoms with Gasteiger partial charge in [-0.1, -0.05) is 13.8 Å². The molecule has 0 aromatic carbocycles. The highest BCUT2D eigenvalue weighted by molar-refractivity contribution is 5.70. The molecule has 9 nitrogen and oxygen atoms in total. The van der Waals surface area contributed by atoms with Gasteiger partial charge in [-0.15, -0.1) is 0 Å². The lowest BCUT2D eigenvalue weighted by Crippen LogP contribution is -2.39. The molecule has 0 spiro atoms. The fourth-order valence-corrected chi connectivity index (χ4v) is 2.71. The molecule has 1 aliphatic rings. The van der Waals surface area contributed by atoms with Gasteiger partial charge in [0, 0.05) is 12.8 Å². The Morgan fingerprint density at radius 3 is 2.50 bits per heavy atom. The number of ether oxygens (including phenoxy) is 3. The lowest BCUT2D eigenvalue weighted by molar-refractivity contribution is -0.159. The molecule has 28 heavy (non-hydrogen) atoms. The van der Waals surface area contributed by atoms with E-state index in [2.05, 4.69) is 0 Å². The number of carbonyl (C=O) groups is 2. The monoisotopic (exact) mass is 404 g/mol. The van der Waals surface area contributed by atoms with Gasteiger partial charge in [-0.3, -0.25) is 23.9 Å². The summed E-state index contributed by atoms with van der Waals surface area (Å²) in [5, 5.41) is 0. The van der Waals surface area contributed by atoms with Crippen LogP contribution in [0.25, 0.3) is 0 Å². The van der Waals surface area contributed by atoms with E-state index in [0.717, 1.165) is 0 Å². The zero-order chi connectivity index (χ0) is 20.8. The summed E-state index contributed by atoms with van der Waals surface area (Å²) in [6.45, 7) is 3.09. The molecule has 0 unspecified atom stereocenters. The molecule has 0 bridgehead atoms. The number of hydrogen-bond acceptors (Lipinski definition) is 7. The van der Waals surface area contributed by atoms with Crippen molar-refractivity contribution in [3.8, 4) is 0 Å². The van der Waals surface area contributed by atoms with Crippen molar-refractivity contribution in [1.29, 1.82) is 0 Å². The van der Waals surface area contributed by atoms with Gasteiger partial charge in [-0.25, -0.2) is 9.18 Å². The van der Waals surface area contributed by atoms with Gasteiger partial charge in [0.25, 0.3) is 5.56 Å². The fourth-order valence-electron chi connectivity index (χ4n) is 2.71. The zero-order valence-corrected chi connectivity index (χ0v) is 15.5. The van der Waals surface area contributed by atoms with Gasteiger partial charge in [0.15, 0.2) is 18.5 Å². The van der Waals surface area contributed by atoms with E-state index >= 15 is 0 Å². The molecular formula is C17H22F2N2O7. The van der Waals surface area contributed by atoms with Gasteiger partial charge < -0.3 is 14.2 Å². The predicted octanol–water partition coefficient (Wildman–Crippen LogP) is 0.966. The lowest BCUT2D eigenvalue weighted by Gasteiger charge is -2.19. The second kappa shape index (κ2) is 9.58. The van der Waals surface area contributed by atoms with Crippen LogP contribution in [0.15, 0.2) is 15.8 Å². The summed E-state index contributed by atoms with van der Waals surface area (Å²) in [6.07, 6.45) is -4.72. The van der Waals surface area contributed by atoms with Crippen LogP contribution >= 0.6 is 0 Å². The van der Waals surface area contributed by atoms with E-state index in [1.807, 2.05) is 0 Å². The Morgan fingerprint density at radius 1 is 1.21 bits per heavy atom. The van der Waals surface area contributed by atoms with Crippen molar-refractivity contribution in [2.45, 2.75) is 64.1 Å². The summed E-state index contributed by atoms with van der Waals surface area (Å²) in [6, 6.07) is 0. The largest absolute Gasteiger partial charge is 0.463 e. The summed E-state index contributed by atoms with van der Waals surface area (Å²) in [7, 11) is 0. The third kappa shape index (κ3) is 5.03. The number of alkyl halides is 1. The molecule has 1 aromatic heterocycles. The van der Waals surface area contributed by atoms with Gasteiger partial charge in [0.1, 0.15) is 12.7 Å². The SMILES string of the molecule is CCCC(=O)OC[C@H]1O[C@@H](n2cc(F)c(=O)[nH]c2=O)[C@H](F)[C@@H]1OC(=O)CCC. The van der Waals surface area contributed by atoms with Crippen molar-refractivity contribution in [3.05, 3.63) is 32.9 Å². The highest BCUT2D eigenvalue weighted by Crippen LogP contribution is 2.33. The van der Waals surface area contributed by atoms with Gasteiger partial charge in [-0.2, -0.15) is 4.39 Å². The Balaban J connectivity index is 2.25. The van der Waals surface area contributed by atoms with Gasteiger partial charge in [-0.05, 0) is 12.8 Å². The first kappa shape index (κ1) is 21.7. The molecule has 1 saturated heterocycles. The molecule has 1 aliphatic heterocycles. The molecule has 1 N–H and O–H groups in total. The van der Waals surface area contributed by atoms with Crippen molar-refractivity contribution in [1.82, 2.24) is 9.55 Å². The van der Waals surface area contributed by atoms with E-state index in [9.17, 15) is 28.0 Å². The van der Waals surface area contributed by atoms with Gasteiger partial charge >= 0.3 is 17.6 Å². The molecule has 2 rings (SSSR count). The first-order valence-corrected chi connectivity index (χ1v) is 8.94. The highest BCUT2D eigenvalue weighted by atomic mass is 19.1. The number of hydrogen-bond donors (Lipinski definition) is 1. The number of halogens is 2. The minimum atomic E-state index is -2.06. The summed E-state index contributed by atoms with van der Waals surface area (Å²) in [5.74, 6) is -2.55. The number of carbonyl (C=O) groups excluding carboxylic acids is 2. The van der Waals surface area contributed by atoms with Gasteiger partial charge in [0.05, 0.1) is 6.20 Å². The van der Waals surface area contributed by atoms with Crippen LogP contribution < -0.4 is 11.2 Å². The van der Waals surface area contributed by atoms with Crippen molar-refractivity contribution in [3.63, 3.8) is 0 Å². The van der Waals surface area contributed by atoms with Crippen LogP contribution in [0, 0.1) is 5.82 Å². The topological polar surface area (TPSA) is 117 Å². The van der Waals surface area contributed by atoms with Crippen molar-refractivity contribution >= 4 is 11.9 Å². The maximum Gasteiger partial charge on any atom is 0.330 e. The molecule has 11 heteroatoms. The van der Waals surface area contributed by atoms with E-state index < -0.39 is 60.2 Å². The second-order valence-corrected chi connectivity index (χ2v) is 6.29. The van der Waals surface area contributed by atoms with E-state index in [4.69, 9.17) is 14.2 Å². The minimum absolute atomic E-state index is 0.0312. The van der Waals surface area contributed by atoms with Crippen LogP contribution in [0.2, 0.25) is 0 Å². The summed E-state index contributed by atoms with van der Waals surface area (Å²) >= 11 is 0. The molecule has 0 aliphatic carbocycles. The first-order chi connectivity index (χ1) is 13.3. The van der Waals surface area contributed by atoms with Gasteiger partial charge in [0.2, 0.25) is 5.82 Å². The van der Waals surface area contributed by atoms with Crippen molar-refractivity contribution < 1.29 is 32.6 Å². The van der Waals surface area contributed by atoms with Crippen molar-refractivity contribution in [2.24, 2.45) is 0 Å². The fraction of sp³-hybridized carbons (Fsp3) is 0.647. The summed E-state index contributed by atoms with van der Waals surface area (Å²) in [4.78, 5) is 48.2. The Morgan fingerprint density at radius 2 is 1.86 bits per heavy atom. The van der Waals surface area contributed by atoms with Crippen LogP contribution in [0.4, 0.5) is 8.78 Å². The van der Waals surface area contributed by atoms with Crippen LogP contribution in [0.3, 0.4) is 0 Å². The maximum absolute atomic E-state index is 15.0. The lowest BCUT2D eigenvalue weighted by atomic mass is 10.1. The highest BCUT2D eigenvalue weighted by Gasteiger charge is 2.49. The van der Waals surface area contributed by atoms with Crippen LogP contribution in [-0.4, -0.2) is 46.5 Å².